The third kappa shape index (κ3) is 3.22. The van der Waals surface area contributed by atoms with Crippen LogP contribution in [-0.4, -0.2) is 23.7 Å². The summed E-state index contributed by atoms with van der Waals surface area (Å²) in [6.07, 6.45) is 1.51. The minimum absolute atomic E-state index is 0.329. The molecular formula is C12H17NO3. The molecule has 0 bridgehead atoms. The van der Waals surface area contributed by atoms with E-state index in [0.29, 0.717) is 11.4 Å². The molecule has 1 aromatic heterocycles. The van der Waals surface area contributed by atoms with Gasteiger partial charge in [-0.1, -0.05) is 0 Å². The van der Waals surface area contributed by atoms with Crippen molar-refractivity contribution in [1.82, 2.24) is 4.98 Å². The summed E-state index contributed by atoms with van der Waals surface area (Å²) < 4.78 is 10.3. The smallest absolute Gasteiger partial charge is 0.357 e. The summed E-state index contributed by atoms with van der Waals surface area (Å²) in [5.74, 6) is 0.220. The van der Waals surface area contributed by atoms with Crippen molar-refractivity contribution in [2.24, 2.45) is 0 Å². The molecule has 0 aromatic carbocycles. The Labute approximate surface area is 95.6 Å². The van der Waals surface area contributed by atoms with Crippen LogP contribution >= 0.6 is 0 Å². The van der Waals surface area contributed by atoms with E-state index in [9.17, 15) is 4.79 Å². The van der Waals surface area contributed by atoms with Crippen LogP contribution in [-0.2, 0) is 4.74 Å². The largest absolute Gasteiger partial charge is 0.495 e. The number of hydrogen-bond donors (Lipinski definition) is 0. The monoisotopic (exact) mass is 223 g/mol. The average Bonchev–Trinajstić information content (AvgIpc) is 2.14. The van der Waals surface area contributed by atoms with Crippen LogP contribution < -0.4 is 4.74 Å². The Morgan fingerprint density at radius 1 is 1.38 bits per heavy atom. The van der Waals surface area contributed by atoms with Crippen molar-refractivity contribution >= 4 is 5.97 Å². The topological polar surface area (TPSA) is 48.4 Å². The quantitative estimate of drug-likeness (QED) is 0.722. The normalized spacial score (nSPS) is 11.1. The lowest BCUT2D eigenvalue weighted by Crippen LogP contribution is -2.25. The van der Waals surface area contributed by atoms with E-state index in [-0.39, 0.29) is 0 Å². The van der Waals surface area contributed by atoms with Crippen molar-refractivity contribution < 1.29 is 14.3 Å². The molecule has 16 heavy (non-hydrogen) atoms. The van der Waals surface area contributed by atoms with E-state index in [0.717, 1.165) is 5.56 Å². The lowest BCUT2D eigenvalue weighted by molar-refractivity contribution is 0.00619. The molecular weight excluding hydrogens is 206 g/mol. The molecule has 0 N–H and O–H groups in total. The van der Waals surface area contributed by atoms with Gasteiger partial charge in [0.1, 0.15) is 11.4 Å². The highest BCUT2D eigenvalue weighted by Crippen LogP contribution is 2.17. The zero-order chi connectivity index (χ0) is 12.3. The molecule has 0 saturated carbocycles. The van der Waals surface area contributed by atoms with Gasteiger partial charge in [-0.2, -0.15) is 0 Å². The highest BCUT2D eigenvalue weighted by Gasteiger charge is 2.20. The summed E-state index contributed by atoms with van der Waals surface area (Å²) in [6, 6.07) is 1.76. The number of pyridine rings is 1. The number of rotatable bonds is 2. The second kappa shape index (κ2) is 4.51. The molecule has 0 saturated heterocycles. The molecule has 0 radical (unpaired) electrons. The molecule has 0 unspecified atom stereocenters. The third-order valence-corrected chi connectivity index (χ3v) is 1.88. The predicted octanol–water partition coefficient (Wildman–Crippen LogP) is 2.35. The first-order valence-electron chi connectivity index (χ1n) is 5.07. The molecule has 0 amide bonds. The molecule has 0 atom stereocenters. The first-order valence-corrected chi connectivity index (χ1v) is 5.07. The van der Waals surface area contributed by atoms with Crippen molar-refractivity contribution in [1.29, 1.82) is 0 Å². The number of carbonyl (C=O) groups is 1. The molecule has 0 aliphatic carbocycles. The Hall–Kier alpha value is -1.58. The van der Waals surface area contributed by atoms with Gasteiger partial charge in [0, 0.05) is 0 Å². The predicted molar refractivity (Wildman–Crippen MR) is 60.7 cm³/mol. The van der Waals surface area contributed by atoms with Gasteiger partial charge in [-0.25, -0.2) is 9.78 Å². The van der Waals surface area contributed by atoms with Crippen molar-refractivity contribution in [3.05, 3.63) is 23.5 Å². The molecule has 1 rings (SSSR count). The van der Waals surface area contributed by atoms with Crippen molar-refractivity contribution in [3.8, 4) is 5.75 Å². The minimum atomic E-state index is -0.509. The Morgan fingerprint density at radius 3 is 2.44 bits per heavy atom. The first-order chi connectivity index (χ1) is 7.33. The Balaban J connectivity index is 2.93. The van der Waals surface area contributed by atoms with Crippen LogP contribution in [0.15, 0.2) is 12.3 Å². The Kier molecular flexibility index (Phi) is 3.52. The molecule has 4 nitrogen and oxygen atoms in total. The molecule has 0 aliphatic rings. The molecule has 0 fully saturated rings. The second-order valence-electron chi connectivity index (χ2n) is 4.54. The van der Waals surface area contributed by atoms with Crippen LogP contribution in [0.5, 0.6) is 5.75 Å². The number of hydrogen-bond acceptors (Lipinski definition) is 4. The zero-order valence-corrected chi connectivity index (χ0v) is 10.3. The van der Waals surface area contributed by atoms with Gasteiger partial charge in [0.15, 0.2) is 5.69 Å². The Morgan fingerprint density at radius 2 is 2.00 bits per heavy atom. The van der Waals surface area contributed by atoms with Gasteiger partial charge >= 0.3 is 5.97 Å². The van der Waals surface area contributed by atoms with Gasteiger partial charge in [-0.15, -0.1) is 0 Å². The minimum Gasteiger partial charge on any atom is -0.495 e. The lowest BCUT2D eigenvalue weighted by Gasteiger charge is -2.19. The Bertz CT molecular complexity index is 394. The maximum absolute atomic E-state index is 11.8. The molecule has 1 aromatic rings. The average molecular weight is 223 g/mol. The van der Waals surface area contributed by atoms with Crippen molar-refractivity contribution in [2.45, 2.75) is 33.3 Å². The number of nitrogens with zero attached hydrogens (tertiary/aromatic N) is 1. The van der Waals surface area contributed by atoms with E-state index in [1.54, 1.807) is 20.1 Å². The number of aromatic nitrogens is 1. The molecule has 0 spiro atoms. The number of ether oxygens (including phenoxy) is 2. The summed E-state index contributed by atoms with van der Waals surface area (Å²) in [5, 5.41) is 0. The van der Waals surface area contributed by atoms with E-state index < -0.39 is 11.6 Å². The summed E-state index contributed by atoms with van der Waals surface area (Å²) in [4.78, 5) is 15.8. The van der Waals surface area contributed by atoms with E-state index >= 15 is 0 Å². The SMILES string of the molecule is COc1cnc(C(=O)OC(C)(C)C)c(C)c1. The van der Waals surface area contributed by atoms with Crippen LogP contribution in [0.2, 0.25) is 0 Å². The third-order valence-electron chi connectivity index (χ3n) is 1.88. The number of aryl methyl sites for hydroxylation is 1. The van der Waals surface area contributed by atoms with E-state index in [2.05, 4.69) is 4.98 Å². The van der Waals surface area contributed by atoms with Gasteiger partial charge in [-0.05, 0) is 39.3 Å². The van der Waals surface area contributed by atoms with E-state index in [1.165, 1.54) is 6.20 Å². The van der Waals surface area contributed by atoms with E-state index in [4.69, 9.17) is 9.47 Å². The van der Waals surface area contributed by atoms with Gasteiger partial charge in [0.2, 0.25) is 0 Å². The molecule has 1 heterocycles. The van der Waals surface area contributed by atoms with Crippen molar-refractivity contribution in [3.63, 3.8) is 0 Å². The summed E-state index contributed by atoms with van der Waals surface area (Å²) in [6.45, 7) is 7.27. The van der Waals surface area contributed by atoms with Gasteiger partial charge in [0.25, 0.3) is 0 Å². The maximum Gasteiger partial charge on any atom is 0.357 e. The van der Waals surface area contributed by atoms with Crippen LogP contribution in [0, 0.1) is 6.92 Å². The molecule has 4 heteroatoms. The molecule has 88 valence electrons. The second-order valence-corrected chi connectivity index (χ2v) is 4.54. The fraction of sp³-hybridized carbons (Fsp3) is 0.500. The fourth-order valence-corrected chi connectivity index (χ4v) is 1.20. The fourth-order valence-electron chi connectivity index (χ4n) is 1.20. The van der Waals surface area contributed by atoms with Crippen LogP contribution in [0.25, 0.3) is 0 Å². The van der Waals surface area contributed by atoms with Gasteiger partial charge in [-0.3, -0.25) is 0 Å². The maximum atomic E-state index is 11.8. The van der Waals surface area contributed by atoms with Crippen LogP contribution in [0.1, 0.15) is 36.8 Å². The summed E-state index contributed by atoms with van der Waals surface area (Å²) in [7, 11) is 1.56. The summed E-state index contributed by atoms with van der Waals surface area (Å²) in [5.41, 5.74) is 0.565. The number of esters is 1. The molecule has 0 aliphatic heterocycles. The van der Waals surface area contributed by atoms with Crippen molar-refractivity contribution in [2.75, 3.05) is 7.11 Å². The summed E-state index contributed by atoms with van der Waals surface area (Å²) >= 11 is 0. The highest BCUT2D eigenvalue weighted by molar-refractivity contribution is 5.89. The van der Waals surface area contributed by atoms with E-state index in [1.807, 2.05) is 20.8 Å². The van der Waals surface area contributed by atoms with Crippen LogP contribution in [0.3, 0.4) is 0 Å². The standard InChI is InChI=1S/C12H17NO3/c1-8-6-9(15-5)7-13-10(8)11(14)16-12(2,3)4/h6-7H,1-5H3. The highest BCUT2D eigenvalue weighted by atomic mass is 16.6. The first kappa shape index (κ1) is 12.5. The lowest BCUT2D eigenvalue weighted by atomic mass is 10.1. The van der Waals surface area contributed by atoms with Crippen LogP contribution in [0.4, 0.5) is 0 Å². The number of methoxy groups -OCH3 is 1. The van der Waals surface area contributed by atoms with Gasteiger partial charge in [0.05, 0.1) is 13.3 Å². The zero-order valence-electron chi connectivity index (χ0n) is 10.3. The van der Waals surface area contributed by atoms with Gasteiger partial charge < -0.3 is 9.47 Å². The number of carbonyl (C=O) groups excluding carboxylic acids is 1.